The van der Waals surface area contributed by atoms with Crippen molar-refractivity contribution in [1.29, 1.82) is 5.26 Å². The number of aromatic nitrogens is 7. The molecule has 0 aliphatic carbocycles. The fourth-order valence-corrected chi connectivity index (χ4v) is 5.43. The fraction of sp³-hybridized carbons (Fsp3) is 0.423. The maximum Gasteiger partial charge on any atom is 0.241 e. The van der Waals surface area contributed by atoms with Crippen LogP contribution in [0.4, 0.5) is 0 Å². The van der Waals surface area contributed by atoms with E-state index in [0.29, 0.717) is 31.5 Å². The van der Waals surface area contributed by atoms with Crippen molar-refractivity contribution in [2.45, 2.75) is 38.9 Å². The van der Waals surface area contributed by atoms with Crippen molar-refractivity contribution in [1.82, 2.24) is 39.6 Å². The molecule has 0 saturated carbocycles. The predicted octanol–water partition coefficient (Wildman–Crippen LogP) is 2.29. The van der Waals surface area contributed by atoms with Crippen LogP contribution in [-0.4, -0.2) is 77.2 Å². The maximum absolute atomic E-state index is 9.74. The van der Waals surface area contributed by atoms with Crippen LogP contribution >= 0.6 is 0 Å². The number of nitriles is 1. The molecule has 196 valence electrons. The number of pyridine rings is 1. The smallest absolute Gasteiger partial charge is 0.241 e. The normalized spacial score (nSPS) is 18.2. The first-order valence-electron chi connectivity index (χ1n) is 12.7. The summed E-state index contributed by atoms with van der Waals surface area (Å²) < 4.78 is 15.7. The van der Waals surface area contributed by atoms with Crippen LogP contribution in [0.5, 0.6) is 11.8 Å². The number of hydrogen-bond donors (Lipinski definition) is 2. The fourth-order valence-electron chi connectivity index (χ4n) is 5.43. The van der Waals surface area contributed by atoms with Gasteiger partial charge in [-0.05, 0) is 44.5 Å². The van der Waals surface area contributed by atoms with Crippen molar-refractivity contribution in [2.75, 3.05) is 26.4 Å². The molecule has 38 heavy (non-hydrogen) atoms. The summed E-state index contributed by atoms with van der Waals surface area (Å²) in [7, 11) is 1.89. The number of rotatable bonds is 4. The van der Waals surface area contributed by atoms with Gasteiger partial charge in [0.05, 0.1) is 58.8 Å². The molecule has 2 aliphatic rings. The quantitative estimate of drug-likeness (QED) is 0.418. The molecule has 0 unspecified atom stereocenters. The van der Waals surface area contributed by atoms with Crippen LogP contribution in [0.25, 0.3) is 34.3 Å². The summed E-state index contributed by atoms with van der Waals surface area (Å²) in [4.78, 5) is 7.07. The number of aryl methyl sites for hydroxylation is 2. The number of aliphatic hydroxyl groups is 1. The molecule has 6 rings (SSSR count). The first kappa shape index (κ1) is 24.1. The number of H-pyrrole nitrogens is 1. The summed E-state index contributed by atoms with van der Waals surface area (Å²) >= 11 is 0. The largest absolute Gasteiger partial charge is 0.476 e. The van der Waals surface area contributed by atoms with E-state index in [0.717, 1.165) is 64.2 Å². The van der Waals surface area contributed by atoms with E-state index >= 15 is 0 Å². The van der Waals surface area contributed by atoms with E-state index in [1.165, 1.54) is 0 Å². The van der Waals surface area contributed by atoms with Gasteiger partial charge in [0.1, 0.15) is 12.7 Å². The van der Waals surface area contributed by atoms with E-state index in [1.807, 2.05) is 38.3 Å². The molecule has 6 heterocycles. The second-order valence-corrected chi connectivity index (χ2v) is 9.58. The van der Waals surface area contributed by atoms with Crippen molar-refractivity contribution < 1.29 is 14.6 Å². The molecule has 2 aliphatic heterocycles. The number of hydrogen-bond acceptors (Lipinski definition) is 9. The van der Waals surface area contributed by atoms with Crippen molar-refractivity contribution in [3.8, 4) is 29.1 Å². The second-order valence-electron chi connectivity index (χ2n) is 9.58. The highest BCUT2D eigenvalue weighted by Crippen LogP contribution is 2.35. The van der Waals surface area contributed by atoms with E-state index < -0.39 is 0 Å². The monoisotopic (exact) mass is 515 g/mol. The van der Waals surface area contributed by atoms with Crippen LogP contribution in [0.3, 0.4) is 0 Å². The minimum Gasteiger partial charge on any atom is -0.476 e. The van der Waals surface area contributed by atoms with Crippen LogP contribution < -0.4 is 9.47 Å². The Morgan fingerprint density at radius 1 is 1.32 bits per heavy atom. The maximum atomic E-state index is 9.74. The minimum atomic E-state index is -0.122. The molecule has 4 aromatic rings. The van der Waals surface area contributed by atoms with Gasteiger partial charge in [0.25, 0.3) is 0 Å². The molecule has 1 atom stereocenters. The van der Waals surface area contributed by atoms with Gasteiger partial charge in [0, 0.05) is 25.0 Å². The molecule has 0 radical (unpaired) electrons. The number of aliphatic hydroxyl groups excluding tert-OH is 1. The van der Waals surface area contributed by atoms with Gasteiger partial charge in [-0.15, -0.1) is 5.10 Å². The zero-order valence-electron chi connectivity index (χ0n) is 21.4. The Labute approximate surface area is 219 Å². The number of ether oxygens (including phenoxy) is 2. The van der Waals surface area contributed by atoms with Gasteiger partial charge in [0.15, 0.2) is 6.61 Å². The lowest BCUT2D eigenvalue weighted by molar-refractivity contribution is 0.156. The second kappa shape index (κ2) is 9.92. The van der Waals surface area contributed by atoms with E-state index in [9.17, 15) is 5.11 Å². The molecule has 4 aromatic heterocycles. The SMILES string of the molecule is Cc1nn(C)c2c1-c1cc3c(n[nH]c3cn1)/C=C/c1c(OCC#N)nn(CCO)c1CN1CCC[C@@H]1CO2. The molecule has 0 aromatic carbocycles. The van der Waals surface area contributed by atoms with Crippen LogP contribution in [0.1, 0.15) is 35.5 Å². The summed E-state index contributed by atoms with van der Waals surface area (Å²) in [5.41, 5.74) is 5.69. The van der Waals surface area contributed by atoms with E-state index in [1.54, 1.807) is 15.6 Å². The topological polar surface area (TPSA) is 143 Å². The molecule has 2 N–H and O–H groups in total. The number of nitrogens with one attached hydrogen (secondary N) is 1. The average Bonchev–Trinajstić information content (AvgIpc) is 3.66. The number of nitrogens with zero attached hydrogens (tertiary/aromatic N) is 8. The average molecular weight is 516 g/mol. The van der Waals surface area contributed by atoms with Gasteiger partial charge in [0.2, 0.25) is 11.8 Å². The Kier molecular flexibility index (Phi) is 6.30. The Hall–Kier alpha value is -4.21. The molecule has 0 spiro atoms. The van der Waals surface area contributed by atoms with Crippen LogP contribution in [0.15, 0.2) is 12.3 Å². The molecule has 1 saturated heterocycles. The van der Waals surface area contributed by atoms with Crippen molar-refractivity contribution in [2.24, 2.45) is 7.05 Å². The Morgan fingerprint density at radius 3 is 3.05 bits per heavy atom. The summed E-state index contributed by atoms with van der Waals surface area (Å²) in [6.45, 7) is 4.11. The molecule has 12 nitrogen and oxygen atoms in total. The number of fused-ring (bicyclic) bond motifs is 5. The lowest BCUT2D eigenvalue weighted by Gasteiger charge is -2.25. The van der Waals surface area contributed by atoms with Gasteiger partial charge in [-0.2, -0.15) is 15.5 Å². The van der Waals surface area contributed by atoms with Gasteiger partial charge < -0.3 is 14.6 Å². The zero-order valence-corrected chi connectivity index (χ0v) is 21.4. The minimum absolute atomic E-state index is 0.0650. The van der Waals surface area contributed by atoms with E-state index in [4.69, 9.17) is 19.7 Å². The molecular weight excluding hydrogens is 486 g/mol. The molecule has 2 bridgehead atoms. The Balaban J connectivity index is 1.54. The third-order valence-corrected chi connectivity index (χ3v) is 7.22. The first-order valence-corrected chi connectivity index (χ1v) is 12.7. The van der Waals surface area contributed by atoms with Crippen LogP contribution in [0, 0.1) is 18.3 Å². The third-order valence-electron chi connectivity index (χ3n) is 7.22. The zero-order chi connectivity index (χ0) is 26.2. The van der Waals surface area contributed by atoms with Gasteiger partial charge in [-0.1, -0.05) is 0 Å². The Bertz CT molecular complexity index is 1560. The highest BCUT2D eigenvalue weighted by Gasteiger charge is 2.30. The summed E-state index contributed by atoms with van der Waals surface area (Å²) in [6, 6.07) is 4.21. The standard InChI is InChI=1S/C26H29N9O3/c1-16-24-21-12-19-20(29-30-22(19)13-28-21)6-5-18-23(35(9-10-36)32-25(18)37-11-7-27)14-34-8-3-4-17(34)15-38-26(24)33(2)31-16/h5-6,12-13,17,36H,3-4,8-11,14-15H2,1-2H3,(H,29,30)/b6-5+/t17-/m1/s1. The van der Waals surface area contributed by atoms with Crippen molar-refractivity contribution in [3.05, 3.63) is 34.9 Å². The predicted molar refractivity (Wildman–Crippen MR) is 139 cm³/mol. The molecule has 0 amide bonds. The van der Waals surface area contributed by atoms with Crippen molar-refractivity contribution >= 4 is 23.1 Å². The van der Waals surface area contributed by atoms with Gasteiger partial charge in [-0.3, -0.25) is 19.7 Å². The summed E-state index contributed by atoms with van der Waals surface area (Å²) in [5.74, 6) is 1.05. The van der Waals surface area contributed by atoms with Crippen molar-refractivity contribution in [3.63, 3.8) is 0 Å². The van der Waals surface area contributed by atoms with Gasteiger partial charge in [-0.25, -0.2) is 4.68 Å². The first-order chi connectivity index (χ1) is 18.6. The highest BCUT2D eigenvalue weighted by atomic mass is 16.5. The molecule has 12 heteroatoms. The molecular formula is C26H29N9O3. The van der Waals surface area contributed by atoms with E-state index in [2.05, 4.69) is 25.3 Å². The Morgan fingerprint density at radius 2 is 2.21 bits per heavy atom. The lowest BCUT2D eigenvalue weighted by Crippen LogP contribution is -2.35. The molecule has 1 fully saturated rings. The van der Waals surface area contributed by atoms with E-state index in [-0.39, 0.29) is 19.3 Å². The summed E-state index contributed by atoms with van der Waals surface area (Å²) in [5, 5.41) is 36.6. The van der Waals surface area contributed by atoms with Gasteiger partial charge >= 0.3 is 0 Å². The number of aromatic amines is 1. The van der Waals surface area contributed by atoms with Crippen LogP contribution in [-0.2, 0) is 20.1 Å². The third kappa shape index (κ3) is 4.19. The lowest BCUT2D eigenvalue weighted by atomic mass is 10.1. The van der Waals surface area contributed by atoms with Crippen LogP contribution in [0.2, 0.25) is 0 Å². The highest BCUT2D eigenvalue weighted by molar-refractivity contribution is 5.92. The summed E-state index contributed by atoms with van der Waals surface area (Å²) in [6.07, 6.45) is 7.68.